The van der Waals surface area contributed by atoms with Gasteiger partial charge >= 0.3 is 0 Å². The molecule has 2 unspecified atom stereocenters. The number of nitrogens with zero attached hydrogens (tertiary/aromatic N) is 1. The minimum Gasteiger partial charge on any atom is -0.376 e. The Kier molecular flexibility index (Phi) is 6.52. The first-order valence-electron chi connectivity index (χ1n) is 7.97. The maximum atomic E-state index is 5.84. The molecule has 0 amide bonds. The van der Waals surface area contributed by atoms with Crippen LogP contribution in [0.25, 0.3) is 0 Å². The highest BCUT2D eigenvalue weighted by Crippen LogP contribution is 2.29. The summed E-state index contributed by atoms with van der Waals surface area (Å²) in [5, 5.41) is 3.45. The molecule has 0 aromatic heterocycles. The van der Waals surface area contributed by atoms with E-state index in [1.165, 1.54) is 30.5 Å². The van der Waals surface area contributed by atoms with E-state index >= 15 is 0 Å². The summed E-state index contributed by atoms with van der Waals surface area (Å²) in [4.78, 5) is 2.29. The SMILES string of the molecule is CCNC(C)c1ccc(N(C)CC2CCCCO2)c(Br)c1. The Morgan fingerprint density at radius 2 is 2.24 bits per heavy atom. The number of likely N-dealkylation sites (N-methyl/N-ethyl adjacent to an activating group) is 1. The number of halogens is 1. The molecule has 1 heterocycles. The Balaban J connectivity index is 2.01. The van der Waals surface area contributed by atoms with Crippen molar-refractivity contribution in [2.24, 2.45) is 0 Å². The van der Waals surface area contributed by atoms with Gasteiger partial charge in [0.2, 0.25) is 0 Å². The average Bonchev–Trinajstić information content (AvgIpc) is 2.48. The second-order valence-corrected chi connectivity index (χ2v) is 6.71. The van der Waals surface area contributed by atoms with E-state index in [1.807, 2.05) is 0 Å². The van der Waals surface area contributed by atoms with Crippen LogP contribution in [-0.2, 0) is 4.74 Å². The third-order valence-corrected chi connectivity index (χ3v) is 4.78. The molecule has 118 valence electrons. The number of anilines is 1. The van der Waals surface area contributed by atoms with Crippen molar-refractivity contribution < 1.29 is 4.74 Å². The highest BCUT2D eigenvalue weighted by molar-refractivity contribution is 9.10. The Bertz CT molecular complexity index is 446. The van der Waals surface area contributed by atoms with Gasteiger partial charge in [0.05, 0.1) is 11.8 Å². The average molecular weight is 355 g/mol. The largest absolute Gasteiger partial charge is 0.376 e. The third kappa shape index (κ3) is 4.70. The summed E-state index contributed by atoms with van der Waals surface area (Å²) in [5.74, 6) is 0. The third-order valence-electron chi connectivity index (χ3n) is 4.14. The second kappa shape index (κ2) is 8.16. The van der Waals surface area contributed by atoms with Gasteiger partial charge in [0.25, 0.3) is 0 Å². The number of hydrogen-bond acceptors (Lipinski definition) is 3. The van der Waals surface area contributed by atoms with Crippen molar-refractivity contribution in [1.29, 1.82) is 0 Å². The van der Waals surface area contributed by atoms with Crippen LogP contribution in [0.15, 0.2) is 22.7 Å². The van der Waals surface area contributed by atoms with Crippen LogP contribution < -0.4 is 10.2 Å². The highest BCUT2D eigenvalue weighted by Gasteiger charge is 2.17. The highest BCUT2D eigenvalue weighted by atomic mass is 79.9. The zero-order valence-corrected chi connectivity index (χ0v) is 14.9. The van der Waals surface area contributed by atoms with E-state index in [9.17, 15) is 0 Å². The molecule has 0 aliphatic carbocycles. The molecule has 4 heteroatoms. The van der Waals surface area contributed by atoms with Crippen molar-refractivity contribution >= 4 is 21.6 Å². The first-order valence-corrected chi connectivity index (χ1v) is 8.76. The first-order chi connectivity index (χ1) is 10.1. The molecule has 1 saturated heterocycles. The van der Waals surface area contributed by atoms with Gasteiger partial charge in [-0.3, -0.25) is 0 Å². The van der Waals surface area contributed by atoms with E-state index in [1.54, 1.807) is 0 Å². The fourth-order valence-electron chi connectivity index (χ4n) is 2.88. The van der Waals surface area contributed by atoms with Gasteiger partial charge in [-0.25, -0.2) is 0 Å². The van der Waals surface area contributed by atoms with Crippen LogP contribution in [0.3, 0.4) is 0 Å². The fourth-order valence-corrected chi connectivity index (χ4v) is 3.58. The van der Waals surface area contributed by atoms with Crippen LogP contribution in [0.2, 0.25) is 0 Å². The zero-order chi connectivity index (χ0) is 15.2. The second-order valence-electron chi connectivity index (χ2n) is 5.86. The summed E-state index contributed by atoms with van der Waals surface area (Å²) in [6.45, 7) is 7.20. The molecule has 1 aliphatic rings. The normalized spacial score (nSPS) is 20.3. The first kappa shape index (κ1) is 16.8. The lowest BCUT2D eigenvalue weighted by Gasteiger charge is -2.29. The Morgan fingerprint density at radius 1 is 1.43 bits per heavy atom. The molecule has 0 saturated carbocycles. The molecule has 0 spiro atoms. The summed E-state index contributed by atoms with van der Waals surface area (Å²) >= 11 is 3.72. The molecule has 1 fully saturated rings. The summed E-state index contributed by atoms with van der Waals surface area (Å²) < 4.78 is 6.99. The molecular formula is C17H27BrN2O. The molecule has 1 aromatic rings. The van der Waals surface area contributed by atoms with E-state index < -0.39 is 0 Å². The van der Waals surface area contributed by atoms with E-state index in [0.717, 1.165) is 24.2 Å². The van der Waals surface area contributed by atoms with Gasteiger partial charge in [0.1, 0.15) is 0 Å². The standard InChI is InChI=1S/C17H27BrN2O/c1-4-19-13(2)14-8-9-17(16(18)11-14)20(3)12-15-7-5-6-10-21-15/h8-9,11,13,15,19H,4-7,10,12H2,1-3H3. The minimum absolute atomic E-state index is 0.371. The van der Waals surface area contributed by atoms with E-state index in [0.29, 0.717) is 12.1 Å². The predicted octanol–water partition coefficient (Wildman–Crippen LogP) is 4.12. The molecule has 21 heavy (non-hydrogen) atoms. The molecule has 0 bridgehead atoms. The van der Waals surface area contributed by atoms with Gasteiger partial charge in [-0.05, 0) is 66.4 Å². The van der Waals surface area contributed by atoms with Gasteiger partial charge in [-0.1, -0.05) is 13.0 Å². The van der Waals surface area contributed by atoms with Crippen LogP contribution in [0.4, 0.5) is 5.69 Å². The van der Waals surface area contributed by atoms with Crippen molar-refractivity contribution in [1.82, 2.24) is 5.32 Å². The van der Waals surface area contributed by atoms with E-state index in [-0.39, 0.29) is 0 Å². The molecule has 2 rings (SSSR count). The Labute approximate surface area is 137 Å². The van der Waals surface area contributed by atoms with Gasteiger partial charge in [-0.15, -0.1) is 0 Å². The van der Waals surface area contributed by atoms with Crippen molar-refractivity contribution in [3.8, 4) is 0 Å². The predicted molar refractivity (Wildman–Crippen MR) is 93.1 cm³/mol. The Morgan fingerprint density at radius 3 is 2.86 bits per heavy atom. The topological polar surface area (TPSA) is 24.5 Å². The van der Waals surface area contributed by atoms with E-state index in [2.05, 4.69) is 65.2 Å². The molecule has 1 aliphatic heterocycles. The Hall–Kier alpha value is -0.580. The molecule has 1 aromatic carbocycles. The van der Waals surface area contributed by atoms with Crippen LogP contribution in [0.5, 0.6) is 0 Å². The number of ether oxygens (including phenoxy) is 1. The van der Waals surface area contributed by atoms with E-state index in [4.69, 9.17) is 4.74 Å². The lowest BCUT2D eigenvalue weighted by atomic mass is 10.1. The summed E-state index contributed by atoms with van der Waals surface area (Å²) in [6, 6.07) is 7.02. The van der Waals surface area contributed by atoms with Gasteiger partial charge in [-0.2, -0.15) is 0 Å². The van der Waals surface area contributed by atoms with Gasteiger partial charge in [0.15, 0.2) is 0 Å². The summed E-state index contributed by atoms with van der Waals surface area (Å²) in [6.07, 6.45) is 4.05. The maximum absolute atomic E-state index is 5.84. The van der Waals surface area contributed by atoms with Crippen LogP contribution >= 0.6 is 15.9 Å². The lowest BCUT2D eigenvalue weighted by molar-refractivity contribution is 0.0216. The van der Waals surface area contributed by atoms with Crippen molar-refractivity contribution in [3.05, 3.63) is 28.2 Å². The smallest absolute Gasteiger partial charge is 0.0749 e. The number of rotatable bonds is 6. The summed E-state index contributed by atoms with van der Waals surface area (Å²) in [7, 11) is 2.14. The number of hydrogen-bond donors (Lipinski definition) is 1. The number of nitrogens with one attached hydrogen (secondary N) is 1. The minimum atomic E-state index is 0.371. The molecule has 0 radical (unpaired) electrons. The van der Waals surface area contributed by atoms with Crippen molar-refractivity contribution in [3.63, 3.8) is 0 Å². The molecule has 2 atom stereocenters. The van der Waals surface area contributed by atoms with Crippen LogP contribution in [0.1, 0.15) is 44.7 Å². The molecule has 1 N–H and O–H groups in total. The quantitative estimate of drug-likeness (QED) is 0.831. The maximum Gasteiger partial charge on any atom is 0.0749 e. The van der Waals surface area contributed by atoms with Crippen LogP contribution in [0, 0.1) is 0 Å². The molecule has 3 nitrogen and oxygen atoms in total. The van der Waals surface area contributed by atoms with Crippen LogP contribution in [-0.4, -0.2) is 32.8 Å². The van der Waals surface area contributed by atoms with Gasteiger partial charge < -0.3 is 15.0 Å². The monoisotopic (exact) mass is 354 g/mol. The van der Waals surface area contributed by atoms with Gasteiger partial charge in [0, 0.05) is 30.7 Å². The zero-order valence-electron chi connectivity index (χ0n) is 13.4. The fraction of sp³-hybridized carbons (Fsp3) is 0.647. The number of benzene rings is 1. The summed E-state index contributed by atoms with van der Waals surface area (Å²) in [5.41, 5.74) is 2.55. The van der Waals surface area contributed by atoms with Crippen molar-refractivity contribution in [2.75, 3.05) is 31.6 Å². The molecular weight excluding hydrogens is 328 g/mol. The van der Waals surface area contributed by atoms with Crippen molar-refractivity contribution in [2.45, 2.75) is 45.3 Å². The lowest BCUT2D eigenvalue weighted by Crippen LogP contribution is -2.33.